The van der Waals surface area contributed by atoms with Crippen LogP contribution in [0, 0.1) is 5.82 Å². The standard InChI is InChI=1S/C13H7BrCl2FNO/c14-8-4-7(5-9(15)6-8)13(19)18-12-10(16)2-1-3-11(12)17/h1-6H,(H,18,19). The van der Waals surface area contributed by atoms with Gasteiger partial charge in [0.1, 0.15) is 5.82 Å². The molecule has 0 saturated heterocycles. The van der Waals surface area contributed by atoms with Crippen molar-refractivity contribution in [3.63, 3.8) is 0 Å². The summed E-state index contributed by atoms with van der Waals surface area (Å²) in [4.78, 5) is 12.0. The van der Waals surface area contributed by atoms with Gasteiger partial charge in [0.25, 0.3) is 5.91 Å². The molecule has 0 aliphatic heterocycles. The van der Waals surface area contributed by atoms with E-state index < -0.39 is 11.7 Å². The number of anilines is 1. The fourth-order valence-corrected chi connectivity index (χ4v) is 2.56. The number of rotatable bonds is 2. The van der Waals surface area contributed by atoms with E-state index >= 15 is 0 Å². The maximum Gasteiger partial charge on any atom is 0.255 e. The van der Waals surface area contributed by atoms with Crippen molar-refractivity contribution in [1.29, 1.82) is 0 Å². The molecule has 0 heterocycles. The van der Waals surface area contributed by atoms with E-state index in [0.29, 0.717) is 15.1 Å². The lowest BCUT2D eigenvalue weighted by atomic mass is 10.2. The molecule has 1 amide bonds. The molecule has 98 valence electrons. The Labute approximate surface area is 127 Å². The first-order valence-corrected chi connectivity index (χ1v) is 6.74. The second-order valence-corrected chi connectivity index (χ2v) is 5.47. The molecule has 0 aliphatic carbocycles. The molecule has 0 bridgehead atoms. The van der Waals surface area contributed by atoms with E-state index in [1.54, 1.807) is 12.1 Å². The lowest BCUT2D eigenvalue weighted by Gasteiger charge is -2.08. The first kappa shape index (κ1) is 14.3. The molecule has 0 aromatic heterocycles. The minimum absolute atomic E-state index is 0.0507. The summed E-state index contributed by atoms with van der Waals surface area (Å²) in [6.07, 6.45) is 0. The highest BCUT2D eigenvalue weighted by molar-refractivity contribution is 9.10. The summed E-state index contributed by atoms with van der Waals surface area (Å²) in [6.45, 7) is 0. The molecule has 2 rings (SSSR count). The molecule has 0 unspecified atom stereocenters. The topological polar surface area (TPSA) is 29.1 Å². The number of hydrogen-bond acceptors (Lipinski definition) is 1. The molecule has 0 fully saturated rings. The molecule has 19 heavy (non-hydrogen) atoms. The summed E-state index contributed by atoms with van der Waals surface area (Å²) in [5.74, 6) is -1.09. The van der Waals surface area contributed by atoms with Gasteiger partial charge in [-0.05, 0) is 30.3 Å². The number of nitrogens with one attached hydrogen (secondary N) is 1. The van der Waals surface area contributed by atoms with Crippen molar-refractivity contribution in [2.24, 2.45) is 0 Å². The number of carbonyl (C=O) groups is 1. The Bertz CT molecular complexity index is 608. The van der Waals surface area contributed by atoms with Crippen LogP contribution in [0.5, 0.6) is 0 Å². The van der Waals surface area contributed by atoms with Crippen LogP contribution in [0.2, 0.25) is 10.0 Å². The molecule has 0 aliphatic rings. The van der Waals surface area contributed by atoms with E-state index in [9.17, 15) is 9.18 Å². The average Bonchev–Trinajstić information content (AvgIpc) is 2.32. The van der Waals surface area contributed by atoms with E-state index in [1.807, 2.05) is 0 Å². The second-order valence-electron chi connectivity index (χ2n) is 3.71. The lowest BCUT2D eigenvalue weighted by molar-refractivity contribution is 0.102. The van der Waals surface area contributed by atoms with Crippen LogP contribution in [0.25, 0.3) is 0 Å². The quantitative estimate of drug-likeness (QED) is 0.786. The molecular formula is C13H7BrCl2FNO. The first-order chi connectivity index (χ1) is 8.97. The van der Waals surface area contributed by atoms with Crippen molar-refractivity contribution >= 4 is 50.7 Å². The number of amides is 1. The largest absolute Gasteiger partial charge is 0.318 e. The Hall–Kier alpha value is -1.10. The van der Waals surface area contributed by atoms with Crippen molar-refractivity contribution in [2.45, 2.75) is 0 Å². The van der Waals surface area contributed by atoms with Crippen molar-refractivity contribution < 1.29 is 9.18 Å². The van der Waals surface area contributed by atoms with Crippen LogP contribution in [-0.4, -0.2) is 5.91 Å². The summed E-state index contributed by atoms with van der Waals surface area (Å²) < 4.78 is 14.2. The number of benzene rings is 2. The Morgan fingerprint density at radius 3 is 2.58 bits per heavy atom. The van der Waals surface area contributed by atoms with Crippen molar-refractivity contribution in [2.75, 3.05) is 5.32 Å². The van der Waals surface area contributed by atoms with E-state index in [0.717, 1.165) is 0 Å². The van der Waals surface area contributed by atoms with Gasteiger partial charge in [0.15, 0.2) is 0 Å². The average molecular weight is 363 g/mol. The smallest absolute Gasteiger partial charge is 0.255 e. The molecule has 0 radical (unpaired) electrons. The summed E-state index contributed by atoms with van der Waals surface area (Å²) in [7, 11) is 0. The third-order valence-electron chi connectivity index (χ3n) is 2.33. The van der Waals surface area contributed by atoms with Crippen LogP contribution in [0.4, 0.5) is 10.1 Å². The highest BCUT2D eigenvalue weighted by Gasteiger charge is 2.13. The molecule has 0 spiro atoms. The van der Waals surface area contributed by atoms with Crippen LogP contribution < -0.4 is 5.32 Å². The van der Waals surface area contributed by atoms with Gasteiger partial charge < -0.3 is 5.32 Å². The Balaban J connectivity index is 2.31. The Kier molecular flexibility index (Phi) is 4.45. The molecule has 6 heteroatoms. The van der Waals surface area contributed by atoms with Crippen LogP contribution in [0.3, 0.4) is 0 Å². The Morgan fingerprint density at radius 1 is 1.21 bits per heavy atom. The SMILES string of the molecule is O=C(Nc1c(F)cccc1Cl)c1cc(Cl)cc(Br)c1. The Morgan fingerprint density at radius 2 is 1.95 bits per heavy atom. The predicted octanol–water partition coefficient (Wildman–Crippen LogP) is 5.15. The minimum atomic E-state index is -0.595. The number of hydrogen-bond donors (Lipinski definition) is 1. The molecule has 2 aromatic rings. The maximum absolute atomic E-state index is 13.6. The van der Waals surface area contributed by atoms with Crippen molar-refractivity contribution in [3.8, 4) is 0 Å². The molecule has 0 atom stereocenters. The zero-order valence-corrected chi connectivity index (χ0v) is 12.5. The molecule has 2 nitrogen and oxygen atoms in total. The second kappa shape index (κ2) is 5.90. The van der Waals surface area contributed by atoms with Crippen LogP contribution in [0.1, 0.15) is 10.4 Å². The zero-order valence-electron chi connectivity index (χ0n) is 9.38. The predicted molar refractivity (Wildman–Crippen MR) is 78.5 cm³/mol. The van der Waals surface area contributed by atoms with Gasteiger partial charge >= 0.3 is 0 Å². The number of carbonyl (C=O) groups excluding carboxylic acids is 1. The molecule has 2 aromatic carbocycles. The lowest BCUT2D eigenvalue weighted by Crippen LogP contribution is -2.13. The van der Waals surface area contributed by atoms with Gasteiger partial charge in [-0.2, -0.15) is 0 Å². The van der Waals surface area contributed by atoms with Crippen molar-refractivity contribution in [3.05, 3.63) is 62.3 Å². The van der Waals surface area contributed by atoms with E-state index in [2.05, 4.69) is 21.2 Å². The normalized spacial score (nSPS) is 10.3. The summed E-state index contributed by atoms with van der Waals surface area (Å²) in [5.41, 5.74) is 0.254. The van der Waals surface area contributed by atoms with E-state index in [-0.39, 0.29) is 10.7 Å². The monoisotopic (exact) mass is 361 g/mol. The van der Waals surface area contributed by atoms with Crippen LogP contribution in [0.15, 0.2) is 40.9 Å². The molecular weight excluding hydrogens is 356 g/mol. The minimum Gasteiger partial charge on any atom is -0.318 e. The van der Waals surface area contributed by atoms with E-state index in [4.69, 9.17) is 23.2 Å². The molecule has 0 saturated carbocycles. The third kappa shape index (κ3) is 3.47. The van der Waals surface area contributed by atoms with Crippen molar-refractivity contribution in [1.82, 2.24) is 0 Å². The van der Waals surface area contributed by atoms with Gasteiger partial charge in [0.05, 0.1) is 10.7 Å². The summed E-state index contributed by atoms with van der Waals surface area (Å²) >= 11 is 14.9. The maximum atomic E-state index is 13.6. The fraction of sp³-hybridized carbons (Fsp3) is 0. The number of para-hydroxylation sites is 1. The van der Waals surface area contributed by atoms with Crippen LogP contribution >= 0.6 is 39.1 Å². The number of halogens is 4. The highest BCUT2D eigenvalue weighted by Crippen LogP contribution is 2.26. The van der Waals surface area contributed by atoms with Crippen LogP contribution in [-0.2, 0) is 0 Å². The van der Waals surface area contributed by atoms with E-state index in [1.165, 1.54) is 24.3 Å². The van der Waals surface area contributed by atoms with Gasteiger partial charge in [-0.3, -0.25) is 4.79 Å². The van der Waals surface area contributed by atoms with Gasteiger partial charge in [-0.25, -0.2) is 4.39 Å². The third-order valence-corrected chi connectivity index (χ3v) is 3.32. The van der Waals surface area contributed by atoms with Gasteiger partial charge in [0.2, 0.25) is 0 Å². The van der Waals surface area contributed by atoms with Gasteiger partial charge in [0, 0.05) is 15.1 Å². The van der Waals surface area contributed by atoms with Gasteiger partial charge in [-0.1, -0.05) is 45.2 Å². The fourth-order valence-electron chi connectivity index (χ4n) is 1.49. The molecule has 1 N–H and O–H groups in total. The zero-order chi connectivity index (χ0) is 14.0. The summed E-state index contributed by atoms with van der Waals surface area (Å²) in [5, 5.41) is 2.96. The highest BCUT2D eigenvalue weighted by atomic mass is 79.9. The summed E-state index contributed by atoms with van der Waals surface area (Å²) in [6, 6.07) is 8.88. The van der Waals surface area contributed by atoms with Gasteiger partial charge in [-0.15, -0.1) is 0 Å². The first-order valence-electron chi connectivity index (χ1n) is 5.19.